The summed E-state index contributed by atoms with van der Waals surface area (Å²) in [5.74, 6) is -2.40. The van der Waals surface area contributed by atoms with Crippen LogP contribution in [-0.2, 0) is 4.74 Å². The number of rotatable bonds is 9. The van der Waals surface area contributed by atoms with Gasteiger partial charge in [0.1, 0.15) is 5.56 Å². The Morgan fingerprint density at radius 3 is 2.71 bits per heavy atom. The monoisotopic (exact) mass is 302 g/mol. The van der Waals surface area contributed by atoms with Crippen LogP contribution in [0.25, 0.3) is 0 Å². The lowest BCUT2D eigenvalue weighted by Gasteiger charge is -2.09. The van der Waals surface area contributed by atoms with Crippen molar-refractivity contribution in [3.8, 4) is 0 Å². The molecule has 1 aromatic rings. The van der Waals surface area contributed by atoms with Crippen molar-refractivity contribution in [3.05, 3.63) is 33.6 Å². The standard InChI is InChI=1S/C12H15FN2O6/c13-9-7-11(15(19)20)8(12(17)18)6-10(9)14-2-1-4-21-5-3-16/h6-7,14,16H,1-5H2,(H,17,18). The first-order chi connectivity index (χ1) is 9.97. The molecular weight excluding hydrogens is 287 g/mol. The molecule has 3 N–H and O–H groups in total. The maximum absolute atomic E-state index is 13.7. The molecule has 1 rings (SSSR count). The Hall–Kier alpha value is -2.26. The zero-order valence-corrected chi connectivity index (χ0v) is 11.0. The lowest BCUT2D eigenvalue weighted by Crippen LogP contribution is -2.10. The summed E-state index contributed by atoms with van der Waals surface area (Å²) in [5, 5.41) is 30.7. The van der Waals surface area contributed by atoms with Crippen molar-refractivity contribution in [1.82, 2.24) is 0 Å². The van der Waals surface area contributed by atoms with Crippen LogP contribution in [0.4, 0.5) is 15.8 Å². The zero-order chi connectivity index (χ0) is 15.8. The van der Waals surface area contributed by atoms with Crippen LogP contribution >= 0.6 is 0 Å². The Bertz CT molecular complexity index is 523. The maximum Gasteiger partial charge on any atom is 0.342 e. The highest BCUT2D eigenvalue weighted by atomic mass is 19.1. The number of halogens is 1. The van der Waals surface area contributed by atoms with Gasteiger partial charge in [-0.1, -0.05) is 0 Å². The lowest BCUT2D eigenvalue weighted by molar-refractivity contribution is -0.385. The molecule has 9 heteroatoms. The number of aliphatic hydroxyl groups is 1. The minimum absolute atomic E-state index is 0.0909. The van der Waals surface area contributed by atoms with E-state index >= 15 is 0 Å². The molecule has 0 aliphatic carbocycles. The Labute approximate surface area is 119 Å². The molecule has 0 radical (unpaired) electrons. The second kappa shape index (κ2) is 8.12. The number of nitro benzene ring substituents is 1. The second-order valence-corrected chi connectivity index (χ2v) is 4.03. The van der Waals surface area contributed by atoms with Crippen LogP contribution in [0, 0.1) is 15.9 Å². The molecule has 0 saturated heterocycles. The Balaban J connectivity index is 2.72. The van der Waals surface area contributed by atoms with Gasteiger partial charge >= 0.3 is 5.97 Å². The highest BCUT2D eigenvalue weighted by Crippen LogP contribution is 2.26. The van der Waals surface area contributed by atoms with Gasteiger partial charge in [-0.05, 0) is 12.5 Å². The number of nitrogens with zero attached hydrogens (tertiary/aromatic N) is 1. The van der Waals surface area contributed by atoms with Crippen molar-refractivity contribution in [3.63, 3.8) is 0 Å². The number of carboxylic acids is 1. The first kappa shape index (κ1) is 16.8. The minimum atomic E-state index is -1.50. The van der Waals surface area contributed by atoms with Crippen molar-refractivity contribution < 1.29 is 29.1 Å². The number of aromatic carboxylic acids is 1. The van der Waals surface area contributed by atoms with Gasteiger partial charge in [-0.25, -0.2) is 9.18 Å². The van der Waals surface area contributed by atoms with Crippen LogP contribution in [0.2, 0.25) is 0 Å². The molecule has 8 nitrogen and oxygen atoms in total. The smallest absolute Gasteiger partial charge is 0.342 e. The van der Waals surface area contributed by atoms with E-state index in [0.29, 0.717) is 25.6 Å². The minimum Gasteiger partial charge on any atom is -0.477 e. The predicted octanol–water partition coefficient (Wildman–Crippen LogP) is 1.24. The maximum atomic E-state index is 13.7. The molecule has 0 aliphatic heterocycles. The summed E-state index contributed by atoms with van der Waals surface area (Å²) in [6.07, 6.45) is 0.499. The number of hydrogen-bond acceptors (Lipinski definition) is 6. The molecule has 0 heterocycles. The summed E-state index contributed by atoms with van der Waals surface area (Å²) in [7, 11) is 0. The number of hydrogen-bond donors (Lipinski definition) is 3. The lowest BCUT2D eigenvalue weighted by atomic mass is 10.1. The molecule has 0 unspecified atom stereocenters. The van der Waals surface area contributed by atoms with Crippen LogP contribution in [0.1, 0.15) is 16.8 Å². The molecule has 0 spiro atoms. The van der Waals surface area contributed by atoms with Crippen LogP contribution in [0.15, 0.2) is 12.1 Å². The van der Waals surface area contributed by atoms with E-state index in [9.17, 15) is 19.3 Å². The van der Waals surface area contributed by atoms with Crippen molar-refractivity contribution in [2.24, 2.45) is 0 Å². The van der Waals surface area contributed by atoms with E-state index in [2.05, 4.69) is 5.32 Å². The molecule has 0 aromatic heterocycles. The molecule has 0 bridgehead atoms. The molecule has 0 atom stereocenters. The topological polar surface area (TPSA) is 122 Å². The van der Waals surface area contributed by atoms with Gasteiger partial charge in [0.05, 0.1) is 29.9 Å². The SMILES string of the molecule is O=C(O)c1cc(NCCCOCCO)c(F)cc1[N+](=O)[O-]. The summed E-state index contributed by atoms with van der Waals surface area (Å²) in [6, 6.07) is 1.47. The van der Waals surface area contributed by atoms with Gasteiger partial charge in [-0.3, -0.25) is 10.1 Å². The van der Waals surface area contributed by atoms with Gasteiger partial charge in [0, 0.05) is 13.2 Å². The summed E-state index contributed by atoms with van der Waals surface area (Å²) in [6.45, 7) is 0.745. The molecule has 0 fully saturated rings. The summed E-state index contributed by atoms with van der Waals surface area (Å²) >= 11 is 0. The molecule has 1 aromatic carbocycles. The quantitative estimate of drug-likeness (QED) is 0.356. The van der Waals surface area contributed by atoms with Crippen LogP contribution < -0.4 is 5.32 Å². The fraction of sp³-hybridized carbons (Fsp3) is 0.417. The van der Waals surface area contributed by atoms with E-state index in [4.69, 9.17) is 14.9 Å². The van der Waals surface area contributed by atoms with Crippen molar-refractivity contribution >= 4 is 17.3 Å². The van der Waals surface area contributed by atoms with Crippen molar-refractivity contribution in [2.75, 3.05) is 31.7 Å². The van der Waals surface area contributed by atoms with E-state index < -0.39 is 28.0 Å². The number of carboxylic acid groups (broad SMARTS) is 1. The third-order valence-corrected chi connectivity index (χ3v) is 2.53. The average Bonchev–Trinajstić information content (AvgIpc) is 2.43. The van der Waals surface area contributed by atoms with Gasteiger partial charge in [-0.2, -0.15) is 0 Å². The molecule has 0 aliphatic rings. The Morgan fingerprint density at radius 2 is 2.14 bits per heavy atom. The first-order valence-corrected chi connectivity index (χ1v) is 6.11. The van der Waals surface area contributed by atoms with Gasteiger partial charge in [0.15, 0.2) is 5.82 Å². The van der Waals surface area contributed by atoms with Gasteiger partial charge in [0.2, 0.25) is 0 Å². The van der Waals surface area contributed by atoms with E-state index in [0.717, 1.165) is 6.07 Å². The normalized spacial score (nSPS) is 10.4. The summed E-state index contributed by atoms with van der Waals surface area (Å²) in [4.78, 5) is 20.7. The number of carbonyl (C=O) groups is 1. The highest BCUT2D eigenvalue weighted by molar-refractivity contribution is 5.93. The van der Waals surface area contributed by atoms with E-state index in [1.54, 1.807) is 0 Å². The first-order valence-electron chi connectivity index (χ1n) is 6.11. The fourth-order valence-corrected chi connectivity index (χ4v) is 1.58. The number of benzene rings is 1. The Morgan fingerprint density at radius 1 is 1.43 bits per heavy atom. The second-order valence-electron chi connectivity index (χ2n) is 4.03. The number of anilines is 1. The number of nitrogens with one attached hydrogen (secondary N) is 1. The van der Waals surface area contributed by atoms with Crippen molar-refractivity contribution in [2.45, 2.75) is 6.42 Å². The van der Waals surface area contributed by atoms with E-state index in [-0.39, 0.29) is 18.9 Å². The molecular formula is C12H15FN2O6. The molecule has 0 saturated carbocycles. The summed E-state index contributed by atoms with van der Waals surface area (Å²) in [5.41, 5.74) is -1.50. The van der Waals surface area contributed by atoms with Gasteiger partial charge < -0.3 is 20.3 Å². The molecule has 21 heavy (non-hydrogen) atoms. The van der Waals surface area contributed by atoms with Crippen molar-refractivity contribution in [1.29, 1.82) is 0 Å². The molecule has 116 valence electrons. The zero-order valence-electron chi connectivity index (χ0n) is 11.0. The average molecular weight is 302 g/mol. The van der Waals surface area contributed by atoms with Gasteiger partial charge in [-0.15, -0.1) is 0 Å². The third-order valence-electron chi connectivity index (χ3n) is 2.53. The van der Waals surface area contributed by atoms with Crippen LogP contribution in [0.5, 0.6) is 0 Å². The van der Waals surface area contributed by atoms with E-state index in [1.807, 2.05) is 0 Å². The van der Waals surface area contributed by atoms with Gasteiger partial charge in [0.25, 0.3) is 5.69 Å². The predicted molar refractivity (Wildman–Crippen MR) is 71.0 cm³/mol. The van der Waals surface area contributed by atoms with Crippen LogP contribution in [0.3, 0.4) is 0 Å². The Kier molecular flexibility index (Phi) is 6.50. The third kappa shape index (κ3) is 4.97. The highest BCUT2D eigenvalue weighted by Gasteiger charge is 2.23. The van der Waals surface area contributed by atoms with E-state index in [1.165, 1.54) is 0 Å². The largest absolute Gasteiger partial charge is 0.477 e. The van der Waals surface area contributed by atoms with Crippen LogP contribution in [-0.4, -0.2) is 47.5 Å². The summed E-state index contributed by atoms with van der Waals surface area (Å²) < 4.78 is 18.7. The fourth-order valence-electron chi connectivity index (χ4n) is 1.58. The molecule has 0 amide bonds. The number of aliphatic hydroxyl groups excluding tert-OH is 1. The number of nitro groups is 1. The number of ether oxygens (including phenoxy) is 1.